The number of nitrogens with one attached hydrogen (secondary N) is 1. The average Bonchev–Trinajstić information content (AvgIpc) is 2.48. The second-order valence-corrected chi connectivity index (χ2v) is 4.52. The highest BCUT2D eigenvalue weighted by Crippen LogP contribution is 2.26. The summed E-state index contributed by atoms with van der Waals surface area (Å²) in [6.45, 7) is 3.27. The smallest absolute Gasteiger partial charge is 0.248 e. The SMILES string of the molecule is CCNCc1cc(F)ccc1Oc1ccc(C(N)=O)cc1. The Bertz CT molecular complexity index is 627. The molecule has 0 saturated heterocycles. The molecule has 2 rings (SSSR count). The summed E-state index contributed by atoms with van der Waals surface area (Å²) in [6, 6.07) is 10.9. The zero-order valence-corrected chi connectivity index (χ0v) is 11.7. The van der Waals surface area contributed by atoms with E-state index in [1.165, 1.54) is 12.1 Å². The van der Waals surface area contributed by atoms with Crippen LogP contribution in [0.1, 0.15) is 22.8 Å². The first kappa shape index (κ1) is 15.0. The first-order valence-corrected chi connectivity index (χ1v) is 6.67. The van der Waals surface area contributed by atoms with Gasteiger partial charge in [-0.15, -0.1) is 0 Å². The Labute approximate surface area is 122 Å². The minimum atomic E-state index is -0.490. The van der Waals surface area contributed by atoms with Gasteiger partial charge in [0.2, 0.25) is 5.91 Å². The lowest BCUT2D eigenvalue weighted by molar-refractivity contribution is 0.100. The fourth-order valence-corrected chi connectivity index (χ4v) is 1.86. The van der Waals surface area contributed by atoms with Gasteiger partial charge in [-0.25, -0.2) is 4.39 Å². The van der Waals surface area contributed by atoms with E-state index in [0.29, 0.717) is 23.6 Å². The highest BCUT2D eigenvalue weighted by atomic mass is 19.1. The summed E-state index contributed by atoms with van der Waals surface area (Å²) in [5.41, 5.74) is 6.33. The van der Waals surface area contributed by atoms with E-state index in [1.54, 1.807) is 30.3 Å². The quantitative estimate of drug-likeness (QED) is 0.859. The van der Waals surface area contributed by atoms with E-state index in [0.717, 1.165) is 12.1 Å². The van der Waals surface area contributed by atoms with Crippen LogP contribution >= 0.6 is 0 Å². The number of primary amides is 1. The van der Waals surface area contributed by atoms with Crippen LogP contribution in [0.3, 0.4) is 0 Å². The third-order valence-corrected chi connectivity index (χ3v) is 2.95. The first-order valence-electron chi connectivity index (χ1n) is 6.67. The lowest BCUT2D eigenvalue weighted by Crippen LogP contribution is -2.12. The van der Waals surface area contributed by atoms with Crippen LogP contribution in [0.5, 0.6) is 11.5 Å². The molecule has 0 saturated carbocycles. The van der Waals surface area contributed by atoms with Gasteiger partial charge in [0.25, 0.3) is 0 Å². The number of carbonyl (C=O) groups excluding carboxylic acids is 1. The van der Waals surface area contributed by atoms with Crippen LogP contribution in [0.2, 0.25) is 0 Å². The molecule has 0 heterocycles. The summed E-state index contributed by atoms with van der Waals surface area (Å²) >= 11 is 0. The maximum Gasteiger partial charge on any atom is 0.248 e. The van der Waals surface area contributed by atoms with Crippen molar-refractivity contribution in [2.45, 2.75) is 13.5 Å². The molecule has 0 aromatic heterocycles. The fourth-order valence-electron chi connectivity index (χ4n) is 1.86. The Balaban J connectivity index is 2.19. The third-order valence-electron chi connectivity index (χ3n) is 2.95. The van der Waals surface area contributed by atoms with Gasteiger partial charge in [-0.2, -0.15) is 0 Å². The largest absolute Gasteiger partial charge is 0.457 e. The van der Waals surface area contributed by atoms with E-state index in [4.69, 9.17) is 10.5 Å². The number of amides is 1. The van der Waals surface area contributed by atoms with E-state index in [1.807, 2.05) is 6.92 Å². The summed E-state index contributed by atoms with van der Waals surface area (Å²) in [5.74, 6) is 0.337. The van der Waals surface area contributed by atoms with E-state index in [2.05, 4.69) is 5.32 Å². The van der Waals surface area contributed by atoms with Gasteiger partial charge in [-0.1, -0.05) is 6.92 Å². The molecule has 5 heteroatoms. The molecule has 0 unspecified atom stereocenters. The van der Waals surface area contributed by atoms with Crippen molar-refractivity contribution in [1.29, 1.82) is 0 Å². The normalized spacial score (nSPS) is 10.4. The molecule has 1 amide bonds. The van der Waals surface area contributed by atoms with Gasteiger partial charge in [-0.05, 0) is 49.0 Å². The molecule has 0 radical (unpaired) electrons. The number of nitrogens with two attached hydrogens (primary N) is 1. The lowest BCUT2D eigenvalue weighted by Gasteiger charge is -2.12. The van der Waals surface area contributed by atoms with Gasteiger partial charge >= 0.3 is 0 Å². The van der Waals surface area contributed by atoms with Crippen molar-refractivity contribution in [3.63, 3.8) is 0 Å². The number of hydrogen-bond acceptors (Lipinski definition) is 3. The van der Waals surface area contributed by atoms with E-state index in [-0.39, 0.29) is 5.82 Å². The number of carbonyl (C=O) groups is 1. The van der Waals surface area contributed by atoms with Crippen molar-refractivity contribution in [3.05, 3.63) is 59.4 Å². The monoisotopic (exact) mass is 288 g/mol. The van der Waals surface area contributed by atoms with Gasteiger partial charge in [-0.3, -0.25) is 4.79 Å². The topological polar surface area (TPSA) is 64.3 Å². The van der Waals surface area contributed by atoms with Crippen LogP contribution in [0.4, 0.5) is 4.39 Å². The van der Waals surface area contributed by atoms with Crippen LogP contribution < -0.4 is 15.8 Å². The first-order chi connectivity index (χ1) is 10.1. The predicted octanol–water partition coefficient (Wildman–Crippen LogP) is 2.83. The van der Waals surface area contributed by atoms with Crippen LogP contribution in [-0.2, 0) is 6.54 Å². The highest BCUT2D eigenvalue weighted by molar-refractivity contribution is 5.92. The summed E-state index contributed by atoms with van der Waals surface area (Å²) in [7, 11) is 0. The molecule has 0 aliphatic heterocycles. The van der Waals surface area contributed by atoms with Crippen molar-refractivity contribution in [1.82, 2.24) is 5.32 Å². The Hall–Kier alpha value is -2.40. The van der Waals surface area contributed by atoms with E-state index >= 15 is 0 Å². The number of hydrogen-bond donors (Lipinski definition) is 2. The molecular formula is C16H17FN2O2. The fraction of sp³-hybridized carbons (Fsp3) is 0.188. The van der Waals surface area contributed by atoms with Crippen LogP contribution in [0.15, 0.2) is 42.5 Å². The van der Waals surface area contributed by atoms with Crippen molar-refractivity contribution < 1.29 is 13.9 Å². The maximum atomic E-state index is 13.3. The summed E-state index contributed by atoms with van der Waals surface area (Å²) < 4.78 is 19.1. The van der Waals surface area contributed by atoms with Crippen molar-refractivity contribution in [3.8, 4) is 11.5 Å². The van der Waals surface area contributed by atoms with Crippen molar-refractivity contribution >= 4 is 5.91 Å². The molecule has 0 aliphatic carbocycles. The van der Waals surface area contributed by atoms with Crippen LogP contribution in [0.25, 0.3) is 0 Å². The molecule has 4 nitrogen and oxygen atoms in total. The van der Waals surface area contributed by atoms with Gasteiger partial charge in [0.05, 0.1) is 0 Å². The maximum absolute atomic E-state index is 13.3. The minimum absolute atomic E-state index is 0.306. The predicted molar refractivity (Wildman–Crippen MR) is 78.8 cm³/mol. The molecule has 3 N–H and O–H groups in total. The third kappa shape index (κ3) is 4.03. The molecule has 0 aliphatic rings. The number of ether oxygens (including phenoxy) is 1. The summed E-state index contributed by atoms with van der Waals surface area (Å²) in [6.07, 6.45) is 0. The Morgan fingerprint density at radius 2 is 1.95 bits per heavy atom. The van der Waals surface area contributed by atoms with Gasteiger partial charge < -0.3 is 15.8 Å². The summed E-state index contributed by atoms with van der Waals surface area (Å²) in [4.78, 5) is 11.0. The van der Waals surface area contributed by atoms with Gasteiger partial charge in [0.1, 0.15) is 17.3 Å². The molecule has 21 heavy (non-hydrogen) atoms. The number of rotatable bonds is 6. The Kier molecular flexibility index (Phi) is 4.90. The molecular weight excluding hydrogens is 271 g/mol. The van der Waals surface area contributed by atoms with Gasteiger partial charge in [0, 0.05) is 17.7 Å². The molecule has 0 fully saturated rings. The van der Waals surface area contributed by atoms with Crippen LogP contribution in [0, 0.1) is 5.82 Å². The number of benzene rings is 2. The molecule has 110 valence electrons. The average molecular weight is 288 g/mol. The zero-order chi connectivity index (χ0) is 15.2. The van der Waals surface area contributed by atoms with E-state index in [9.17, 15) is 9.18 Å². The molecule has 0 atom stereocenters. The lowest BCUT2D eigenvalue weighted by atomic mass is 10.2. The Morgan fingerprint density at radius 1 is 1.24 bits per heavy atom. The minimum Gasteiger partial charge on any atom is -0.457 e. The molecule has 2 aromatic rings. The Morgan fingerprint density at radius 3 is 2.57 bits per heavy atom. The second-order valence-electron chi connectivity index (χ2n) is 4.52. The highest BCUT2D eigenvalue weighted by Gasteiger charge is 2.07. The zero-order valence-electron chi connectivity index (χ0n) is 11.7. The molecule has 0 spiro atoms. The molecule has 0 bridgehead atoms. The van der Waals surface area contributed by atoms with Crippen molar-refractivity contribution in [2.24, 2.45) is 5.73 Å². The van der Waals surface area contributed by atoms with E-state index < -0.39 is 5.91 Å². The standard InChI is InChI=1S/C16H17FN2O2/c1-2-19-10-12-9-13(17)5-8-15(12)21-14-6-3-11(4-7-14)16(18)20/h3-9,19H,2,10H2,1H3,(H2,18,20). The van der Waals surface area contributed by atoms with Gasteiger partial charge in [0.15, 0.2) is 0 Å². The number of halogens is 1. The van der Waals surface area contributed by atoms with Crippen LogP contribution in [-0.4, -0.2) is 12.5 Å². The second kappa shape index (κ2) is 6.85. The summed E-state index contributed by atoms with van der Waals surface area (Å²) in [5, 5.41) is 3.13. The van der Waals surface area contributed by atoms with Crippen molar-refractivity contribution in [2.75, 3.05) is 6.54 Å². The molecule has 2 aromatic carbocycles.